The first-order valence-corrected chi connectivity index (χ1v) is 5.19. The average molecular weight is 199 g/mol. The van der Waals surface area contributed by atoms with E-state index in [0.717, 1.165) is 17.9 Å². The van der Waals surface area contributed by atoms with E-state index in [-0.39, 0.29) is 11.9 Å². The van der Waals surface area contributed by atoms with Crippen molar-refractivity contribution in [2.45, 2.75) is 12.5 Å². The normalized spacial score (nSPS) is 21.7. The number of hydrogen-bond acceptors (Lipinski definition) is 5. The minimum atomic E-state index is -0.412. The SMILES string of the molecule is O=C(OC1CCSC1)c1cnco1. The number of thioether (sulfide) groups is 1. The Hall–Kier alpha value is -0.970. The summed E-state index contributed by atoms with van der Waals surface area (Å²) in [4.78, 5) is 14.9. The molecule has 0 saturated carbocycles. The molecule has 0 aliphatic carbocycles. The van der Waals surface area contributed by atoms with Crippen molar-refractivity contribution in [1.82, 2.24) is 4.98 Å². The number of hydrogen-bond donors (Lipinski definition) is 0. The van der Waals surface area contributed by atoms with E-state index in [9.17, 15) is 4.79 Å². The summed E-state index contributed by atoms with van der Waals surface area (Å²) in [6.07, 6.45) is 3.57. The fourth-order valence-corrected chi connectivity index (χ4v) is 2.23. The summed E-state index contributed by atoms with van der Waals surface area (Å²) in [5.41, 5.74) is 0. The molecule has 2 rings (SSSR count). The number of rotatable bonds is 2. The van der Waals surface area contributed by atoms with Crippen LogP contribution in [0.2, 0.25) is 0 Å². The minimum Gasteiger partial charge on any atom is -0.456 e. The molecule has 13 heavy (non-hydrogen) atoms. The molecule has 1 unspecified atom stereocenters. The third-order valence-corrected chi connectivity index (χ3v) is 2.93. The van der Waals surface area contributed by atoms with E-state index in [0.29, 0.717) is 0 Å². The second-order valence-electron chi connectivity index (χ2n) is 2.76. The lowest BCUT2D eigenvalue weighted by molar-refractivity contribution is 0.0320. The van der Waals surface area contributed by atoms with Gasteiger partial charge in [-0.2, -0.15) is 11.8 Å². The van der Waals surface area contributed by atoms with Gasteiger partial charge in [0, 0.05) is 5.75 Å². The lowest BCUT2D eigenvalue weighted by Crippen LogP contribution is -2.16. The zero-order valence-corrected chi connectivity index (χ0v) is 7.75. The summed E-state index contributed by atoms with van der Waals surface area (Å²) in [5.74, 6) is 1.72. The predicted octanol–water partition coefficient (Wildman–Crippen LogP) is 1.34. The van der Waals surface area contributed by atoms with Crippen molar-refractivity contribution >= 4 is 17.7 Å². The first-order chi connectivity index (χ1) is 6.36. The Morgan fingerprint density at radius 1 is 1.77 bits per heavy atom. The summed E-state index contributed by atoms with van der Waals surface area (Å²) >= 11 is 1.80. The van der Waals surface area contributed by atoms with Crippen LogP contribution in [0.25, 0.3) is 0 Å². The second-order valence-corrected chi connectivity index (χ2v) is 3.91. The first kappa shape index (κ1) is 8.62. The molecule has 70 valence electrons. The standard InChI is InChI=1S/C8H9NO3S/c10-8(7-3-9-5-11-7)12-6-1-2-13-4-6/h3,5-6H,1-2,4H2. The first-order valence-electron chi connectivity index (χ1n) is 4.03. The molecule has 0 aromatic carbocycles. The van der Waals surface area contributed by atoms with Gasteiger partial charge in [0.15, 0.2) is 6.39 Å². The topological polar surface area (TPSA) is 52.3 Å². The maximum Gasteiger partial charge on any atom is 0.376 e. The van der Waals surface area contributed by atoms with Crippen LogP contribution >= 0.6 is 11.8 Å². The molecular weight excluding hydrogens is 190 g/mol. The summed E-state index contributed by atoms with van der Waals surface area (Å²) in [5, 5.41) is 0. The molecule has 1 aliphatic rings. The Balaban J connectivity index is 1.91. The number of aromatic nitrogens is 1. The highest BCUT2D eigenvalue weighted by molar-refractivity contribution is 7.99. The van der Waals surface area contributed by atoms with Crippen molar-refractivity contribution < 1.29 is 13.9 Å². The van der Waals surface area contributed by atoms with E-state index in [4.69, 9.17) is 9.15 Å². The van der Waals surface area contributed by atoms with Crippen molar-refractivity contribution in [1.29, 1.82) is 0 Å². The van der Waals surface area contributed by atoms with Gasteiger partial charge in [-0.15, -0.1) is 0 Å². The zero-order valence-electron chi connectivity index (χ0n) is 6.93. The van der Waals surface area contributed by atoms with Gasteiger partial charge in [0.2, 0.25) is 5.76 Å². The summed E-state index contributed by atoms with van der Waals surface area (Å²) in [6, 6.07) is 0. The smallest absolute Gasteiger partial charge is 0.376 e. The highest BCUT2D eigenvalue weighted by atomic mass is 32.2. The molecule has 1 atom stereocenters. The van der Waals surface area contributed by atoms with Crippen LogP contribution in [0.3, 0.4) is 0 Å². The quantitative estimate of drug-likeness (QED) is 0.673. The third kappa shape index (κ3) is 2.03. The van der Waals surface area contributed by atoms with Crippen molar-refractivity contribution in [3.8, 4) is 0 Å². The van der Waals surface area contributed by atoms with Gasteiger partial charge in [0.1, 0.15) is 6.10 Å². The van der Waals surface area contributed by atoms with Crippen molar-refractivity contribution in [3.05, 3.63) is 18.4 Å². The molecule has 0 amide bonds. The van der Waals surface area contributed by atoms with E-state index in [1.54, 1.807) is 11.8 Å². The van der Waals surface area contributed by atoms with Crippen LogP contribution in [0.15, 0.2) is 17.0 Å². The van der Waals surface area contributed by atoms with Crippen LogP contribution in [0, 0.1) is 0 Å². The van der Waals surface area contributed by atoms with Crippen LogP contribution in [0.4, 0.5) is 0 Å². The highest BCUT2D eigenvalue weighted by Gasteiger charge is 2.21. The fraction of sp³-hybridized carbons (Fsp3) is 0.500. The van der Waals surface area contributed by atoms with E-state index >= 15 is 0 Å². The third-order valence-electron chi connectivity index (χ3n) is 1.80. The minimum absolute atomic E-state index is 0.0441. The largest absolute Gasteiger partial charge is 0.456 e. The van der Waals surface area contributed by atoms with Gasteiger partial charge in [0.25, 0.3) is 0 Å². The van der Waals surface area contributed by atoms with Gasteiger partial charge in [0.05, 0.1) is 6.20 Å². The van der Waals surface area contributed by atoms with Crippen molar-refractivity contribution in [3.63, 3.8) is 0 Å². The van der Waals surface area contributed by atoms with Crippen LogP contribution < -0.4 is 0 Å². The monoisotopic (exact) mass is 199 g/mol. The predicted molar refractivity (Wildman–Crippen MR) is 47.6 cm³/mol. The molecule has 5 heteroatoms. The molecule has 0 bridgehead atoms. The summed E-state index contributed by atoms with van der Waals surface area (Å²) in [6.45, 7) is 0. The molecular formula is C8H9NO3S. The molecule has 0 spiro atoms. The lowest BCUT2D eigenvalue weighted by Gasteiger charge is -2.07. The van der Waals surface area contributed by atoms with Gasteiger partial charge in [-0.25, -0.2) is 9.78 Å². The van der Waals surface area contributed by atoms with E-state index in [1.165, 1.54) is 12.6 Å². The molecule has 1 aliphatic heterocycles. The molecule has 1 fully saturated rings. The molecule has 4 nitrogen and oxygen atoms in total. The molecule has 2 heterocycles. The Morgan fingerprint density at radius 3 is 3.31 bits per heavy atom. The Kier molecular flexibility index (Phi) is 2.54. The average Bonchev–Trinajstić information content (AvgIpc) is 2.74. The number of oxazole rings is 1. The molecule has 1 aromatic heterocycles. The van der Waals surface area contributed by atoms with Gasteiger partial charge in [-0.05, 0) is 12.2 Å². The van der Waals surface area contributed by atoms with Crippen LogP contribution in [0.5, 0.6) is 0 Å². The van der Waals surface area contributed by atoms with Gasteiger partial charge in [-0.1, -0.05) is 0 Å². The molecule has 1 aromatic rings. The number of carbonyl (C=O) groups excluding carboxylic acids is 1. The van der Waals surface area contributed by atoms with E-state index in [2.05, 4.69) is 4.98 Å². The van der Waals surface area contributed by atoms with Crippen LogP contribution in [0.1, 0.15) is 17.0 Å². The maximum atomic E-state index is 11.3. The Labute approximate surface area is 79.7 Å². The van der Waals surface area contributed by atoms with Crippen molar-refractivity contribution in [2.75, 3.05) is 11.5 Å². The molecule has 1 saturated heterocycles. The molecule has 0 N–H and O–H groups in total. The van der Waals surface area contributed by atoms with Gasteiger partial charge < -0.3 is 9.15 Å². The Bertz CT molecular complexity index is 280. The van der Waals surface area contributed by atoms with E-state index in [1.807, 2.05) is 0 Å². The molecule has 0 radical (unpaired) electrons. The van der Waals surface area contributed by atoms with Crippen molar-refractivity contribution in [2.24, 2.45) is 0 Å². The fourth-order valence-electron chi connectivity index (χ4n) is 1.13. The summed E-state index contributed by atoms with van der Waals surface area (Å²) in [7, 11) is 0. The van der Waals surface area contributed by atoms with E-state index < -0.39 is 5.97 Å². The van der Waals surface area contributed by atoms with Crippen LogP contribution in [-0.4, -0.2) is 28.6 Å². The van der Waals surface area contributed by atoms with Gasteiger partial charge in [-0.3, -0.25) is 0 Å². The second kappa shape index (κ2) is 3.83. The number of nitrogens with zero attached hydrogens (tertiary/aromatic N) is 1. The Morgan fingerprint density at radius 2 is 2.69 bits per heavy atom. The summed E-state index contributed by atoms with van der Waals surface area (Å²) < 4.78 is 9.98. The number of ether oxygens (including phenoxy) is 1. The maximum absolute atomic E-state index is 11.3. The number of esters is 1. The van der Waals surface area contributed by atoms with Crippen LogP contribution in [-0.2, 0) is 4.74 Å². The number of carbonyl (C=O) groups is 1. The lowest BCUT2D eigenvalue weighted by atomic mass is 10.3. The van der Waals surface area contributed by atoms with Gasteiger partial charge >= 0.3 is 5.97 Å². The zero-order chi connectivity index (χ0) is 9.10. The highest BCUT2D eigenvalue weighted by Crippen LogP contribution is 2.20.